The Balaban J connectivity index is 1.95. The standard InChI is InChI=1S/C15H16N4O4S/c1-10-13-14(18-19-17-13)12(9-23-24(2,20)21)15(16-10)22-8-11-6-4-3-5-7-11/h3-7H,8-9H2,1-2H3,(H,17,18,19). The molecular formula is C15H16N4O4S. The van der Waals surface area contributed by atoms with Crippen LogP contribution in [0.5, 0.6) is 5.88 Å². The topological polar surface area (TPSA) is 107 Å². The molecule has 0 radical (unpaired) electrons. The maximum Gasteiger partial charge on any atom is 0.264 e. The summed E-state index contributed by atoms with van der Waals surface area (Å²) < 4.78 is 33.3. The highest BCUT2D eigenvalue weighted by molar-refractivity contribution is 7.85. The van der Waals surface area contributed by atoms with Crippen molar-refractivity contribution in [2.24, 2.45) is 0 Å². The first kappa shape index (κ1) is 16.3. The average Bonchev–Trinajstić information content (AvgIpc) is 3.02. The average molecular weight is 348 g/mol. The number of nitrogens with one attached hydrogen (secondary N) is 1. The van der Waals surface area contributed by atoms with Crippen molar-refractivity contribution in [1.82, 2.24) is 20.4 Å². The van der Waals surface area contributed by atoms with Gasteiger partial charge in [0.25, 0.3) is 10.1 Å². The van der Waals surface area contributed by atoms with Crippen molar-refractivity contribution < 1.29 is 17.3 Å². The lowest BCUT2D eigenvalue weighted by Crippen LogP contribution is -2.08. The second-order valence-corrected chi connectivity index (χ2v) is 6.89. The zero-order valence-electron chi connectivity index (χ0n) is 13.2. The van der Waals surface area contributed by atoms with E-state index in [1.165, 1.54) is 0 Å². The number of aromatic amines is 1. The van der Waals surface area contributed by atoms with Gasteiger partial charge in [-0.05, 0) is 12.5 Å². The predicted octanol–water partition coefficient (Wildman–Crippen LogP) is 1.72. The van der Waals surface area contributed by atoms with E-state index in [9.17, 15) is 8.42 Å². The third-order valence-electron chi connectivity index (χ3n) is 3.34. The van der Waals surface area contributed by atoms with Gasteiger partial charge in [-0.15, -0.1) is 0 Å². The van der Waals surface area contributed by atoms with E-state index in [1.807, 2.05) is 30.3 Å². The van der Waals surface area contributed by atoms with Crippen molar-refractivity contribution in [2.45, 2.75) is 20.1 Å². The Morgan fingerprint density at radius 1 is 1.08 bits per heavy atom. The van der Waals surface area contributed by atoms with Crippen molar-refractivity contribution in [3.8, 4) is 5.88 Å². The zero-order valence-corrected chi connectivity index (χ0v) is 14.0. The normalized spacial score (nSPS) is 11.8. The van der Waals surface area contributed by atoms with Crippen LogP contribution in [0.25, 0.3) is 11.0 Å². The summed E-state index contributed by atoms with van der Waals surface area (Å²) in [5, 5.41) is 10.6. The van der Waals surface area contributed by atoms with Gasteiger partial charge >= 0.3 is 0 Å². The van der Waals surface area contributed by atoms with E-state index >= 15 is 0 Å². The summed E-state index contributed by atoms with van der Waals surface area (Å²) in [6, 6.07) is 9.58. The Kier molecular flexibility index (Phi) is 4.45. The summed E-state index contributed by atoms with van der Waals surface area (Å²) in [6.07, 6.45) is 0.985. The summed E-state index contributed by atoms with van der Waals surface area (Å²) in [4.78, 5) is 4.37. The van der Waals surface area contributed by atoms with Crippen LogP contribution >= 0.6 is 0 Å². The van der Waals surface area contributed by atoms with Crippen molar-refractivity contribution >= 4 is 21.2 Å². The minimum absolute atomic E-state index is 0.223. The highest BCUT2D eigenvalue weighted by atomic mass is 32.2. The molecule has 0 aliphatic carbocycles. The van der Waals surface area contributed by atoms with Gasteiger partial charge < -0.3 is 4.74 Å². The number of pyridine rings is 1. The Hall–Kier alpha value is -2.52. The molecule has 0 amide bonds. The Morgan fingerprint density at radius 3 is 2.50 bits per heavy atom. The molecule has 3 rings (SSSR count). The van der Waals surface area contributed by atoms with Gasteiger partial charge in [-0.2, -0.15) is 23.8 Å². The molecule has 0 spiro atoms. The molecule has 8 nitrogen and oxygen atoms in total. The number of rotatable bonds is 6. The number of H-pyrrole nitrogens is 1. The molecule has 3 aromatic rings. The molecule has 0 aliphatic rings. The van der Waals surface area contributed by atoms with Crippen molar-refractivity contribution in [3.63, 3.8) is 0 Å². The molecule has 0 saturated heterocycles. The summed E-state index contributed by atoms with van der Waals surface area (Å²) in [5.41, 5.74) is 3.06. The summed E-state index contributed by atoms with van der Waals surface area (Å²) in [7, 11) is -3.61. The van der Waals surface area contributed by atoms with Crippen LogP contribution in [0.15, 0.2) is 30.3 Å². The fraction of sp³-hybridized carbons (Fsp3) is 0.267. The fourth-order valence-electron chi connectivity index (χ4n) is 2.21. The SMILES string of the molecule is Cc1nc(OCc2ccccc2)c(COS(C)(=O)=O)c2n[nH]nc12. The lowest BCUT2D eigenvalue weighted by atomic mass is 10.2. The second kappa shape index (κ2) is 6.54. The number of benzene rings is 1. The Bertz CT molecular complexity index is 954. The molecule has 24 heavy (non-hydrogen) atoms. The van der Waals surface area contributed by atoms with E-state index in [2.05, 4.69) is 20.4 Å². The van der Waals surface area contributed by atoms with Gasteiger partial charge in [0.2, 0.25) is 5.88 Å². The monoisotopic (exact) mass is 348 g/mol. The summed E-state index contributed by atoms with van der Waals surface area (Å²) in [6.45, 7) is 1.85. The minimum Gasteiger partial charge on any atom is -0.472 e. The first-order chi connectivity index (χ1) is 11.4. The van der Waals surface area contributed by atoms with Gasteiger partial charge in [-0.1, -0.05) is 30.3 Å². The van der Waals surface area contributed by atoms with E-state index in [-0.39, 0.29) is 12.5 Å². The highest BCUT2D eigenvalue weighted by Crippen LogP contribution is 2.27. The Labute approximate surface area is 138 Å². The van der Waals surface area contributed by atoms with Crippen molar-refractivity contribution in [2.75, 3.05) is 6.26 Å². The third kappa shape index (κ3) is 3.69. The molecule has 0 unspecified atom stereocenters. The number of hydrogen-bond donors (Lipinski definition) is 1. The van der Waals surface area contributed by atoms with Crippen LogP contribution in [0.3, 0.4) is 0 Å². The molecular weight excluding hydrogens is 332 g/mol. The minimum atomic E-state index is -3.61. The number of aromatic nitrogens is 4. The van der Waals surface area contributed by atoms with Gasteiger partial charge in [0.15, 0.2) is 0 Å². The number of nitrogens with zero attached hydrogens (tertiary/aromatic N) is 3. The molecule has 126 valence electrons. The van der Waals surface area contributed by atoms with E-state index < -0.39 is 10.1 Å². The first-order valence-corrected chi connectivity index (χ1v) is 8.97. The van der Waals surface area contributed by atoms with Gasteiger partial charge in [0, 0.05) is 0 Å². The maximum atomic E-state index is 11.3. The molecule has 9 heteroatoms. The molecule has 1 N–H and O–H groups in total. The molecule has 0 saturated carbocycles. The number of ether oxygens (including phenoxy) is 1. The highest BCUT2D eigenvalue weighted by Gasteiger charge is 2.18. The number of aryl methyl sites for hydroxylation is 1. The second-order valence-electron chi connectivity index (χ2n) is 5.24. The predicted molar refractivity (Wildman–Crippen MR) is 86.8 cm³/mol. The maximum absolute atomic E-state index is 11.3. The molecule has 0 bridgehead atoms. The molecule has 2 aromatic heterocycles. The van der Waals surface area contributed by atoms with E-state index in [1.54, 1.807) is 6.92 Å². The lowest BCUT2D eigenvalue weighted by Gasteiger charge is -2.12. The summed E-state index contributed by atoms with van der Waals surface area (Å²) >= 11 is 0. The van der Waals surface area contributed by atoms with E-state index in [4.69, 9.17) is 8.92 Å². The van der Waals surface area contributed by atoms with Crippen LogP contribution in [0.2, 0.25) is 0 Å². The largest absolute Gasteiger partial charge is 0.472 e. The molecule has 0 fully saturated rings. The van der Waals surface area contributed by atoms with Gasteiger partial charge in [0.1, 0.15) is 17.6 Å². The molecule has 0 atom stereocenters. The van der Waals surface area contributed by atoms with Crippen LogP contribution < -0.4 is 4.74 Å². The van der Waals surface area contributed by atoms with Crippen LogP contribution in [0, 0.1) is 6.92 Å². The van der Waals surface area contributed by atoms with Crippen LogP contribution in [-0.2, 0) is 27.5 Å². The van der Waals surface area contributed by atoms with Crippen LogP contribution in [0.4, 0.5) is 0 Å². The fourth-order valence-corrected chi connectivity index (χ4v) is 2.54. The van der Waals surface area contributed by atoms with Crippen LogP contribution in [-0.4, -0.2) is 35.1 Å². The third-order valence-corrected chi connectivity index (χ3v) is 3.89. The smallest absolute Gasteiger partial charge is 0.264 e. The molecule has 0 aliphatic heterocycles. The van der Waals surface area contributed by atoms with E-state index in [0.29, 0.717) is 28.9 Å². The molecule has 1 aromatic carbocycles. The number of hydrogen-bond acceptors (Lipinski definition) is 7. The quantitative estimate of drug-likeness (QED) is 0.676. The first-order valence-electron chi connectivity index (χ1n) is 7.15. The Morgan fingerprint density at radius 2 is 1.79 bits per heavy atom. The van der Waals surface area contributed by atoms with Crippen molar-refractivity contribution in [1.29, 1.82) is 0 Å². The van der Waals surface area contributed by atoms with Gasteiger partial charge in [-0.25, -0.2) is 4.98 Å². The zero-order chi connectivity index (χ0) is 17.2. The van der Waals surface area contributed by atoms with Crippen molar-refractivity contribution in [3.05, 3.63) is 47.2 Å². The molecule has 2 heterocycles. The van der Waals surface area contributed by atoms with Crippen LogP contribution in [0.1, 0.15) is 16.8 Å². The lowest BCUT2D eigenvalue weighted by molar-refractivity contribution is 0.269. The van der Waals surface area contributed by atoms with Gasteiger partial charge in [-0.3, -0.25) is 4.18 Å². The van der Waals surface area contributed by atoms with E-state index in [0.717, 1.165) is 11.8 Å². The van der Waals surface area contributed by atoms with Gasteiger partial charge in [0.05, 0.1) is 24.1 Å². The summed E-state index contributed by atoms with van der Waals surface area (Å²) in [5.74, 6) is 0.279. The number of fused-ring (bicyclic) bond motifs is 1.